The van der Waals surface area contributed by atoms with Gasteiger partial charge in [0, 0.05) is 6.54 Å². The molecule has 3 heteroatoms. The fourth-order valence-electron chi connectivity index (χ4n) is 2.92. The first-order valence-corrected chi connectivity index (χ1v) is 9.30. The molecule has 1 atom stereocenters. The van der Waals surface area contributed by atoms with Gasteiger partial charge in [0.05, 0.1) is 6.10 Å². The Kier molecular flexibility index (Phi) is 5.56. The van der Waals surface area contributed by atoms with Gasteiger partial charge in [0.25, 0.3) is 0 Å². The molecule has 0 aliphatic carbocycles. The summed E-state index contributed by atoms with van der Waals surface area (Å²) in [6.07, 6.45) is -0.465. The van der Waals surface area contributed by atoms with E-state index in [1.165, 1.54) is 10.4 Å². The molecule has 0 spiro atoms. The summed E-state index contributed by atoms with van der Waals surface area (Å²) in [6.45, 7) is 7.48. The highest BCUT2D eigenvalue weighted by Crippen LogP contribution is 2.28. The van der Waals surface area contributed by atoms with Crippen molar-refractivity contribution in [3.63, 3.8) is 0 Å². The summed E-state index contributed by atoms with van der Waals surface area (Å²) in [5.74, 6) is 0. The van der Waals surface area contributed by atoms with Crippen LogP contribution >= 0.6 is 0 Å². The molecule has 0 fully saturated rings. The number of hydrogen-bond donors (Lipinski definition) is 2. The zero-order chi connectivity index (χ0) is 16.2. The second-order valence-corrected chi connectivity index (χ2v) is 10.0. The fraction of sp³-hybridized carbons (Fsp3) is 0.368. The highest BCUT2D eigenvalue weighted by Gasteiger charge is 2.32. The number of aliphatic hydroxyl groups excluding tert-OH is 1. The Hall–Kier alpha value is -1.42. The van der Waals surface area contributed by atoms with E-state index >= 15 is 0 Å². The van der Waals surface area contributed by atoms with Crippen LogP contribution in [0.3, 0.4) is 0 Å². The van der Waals surface area contributed by atoms with Gasteiger partial charge in [0.2, 0.25) is 0 Å². The zero-order valence-corrected chi connectivity index (χ0v) is 14.9. The van der Waals surface area contributed by atoms with Gasteiger partial charge in [-0.2, -0.15) is 0 Å². The van der Waals surface area contributed by atoms with E-state index in [-0.39, 0.29) is 5.04 Å². The molecule has 1 unspecified atom stereocenters. The molecule has 2 aromatic carbocycles. The van der Waals surface area contributed by atoms with E-state index < -0.39 is 14.9 Å². The largest absolute Gasteiger partial charge is 0.387 e. The minimum absolute atomic E-state index is 0.168. The molecule has 1 radical (unpaired) electrons. The van der Waals surface area contributed by atoms with Crippen LogP contribution in [0.4, 0.5) is 0 Å². The zero-order valence-electron chi connectivity index (χ0n) is 13.9. The topological polar surface area (TPSA) is 32.3 Å². The molecule has 117 valence electrons. The molecule has 2 N–H and O–H groups in total. The Morgan fingerprint density at radius 3 is 2.18 bits per heavy atom. The Balaban J connectivity index is 2.54. The van der Waals surface area contributed by atoms with Gasteiger partial charge in [0.1, 0.15) is 8.80 Å². The van der Waals surface area contributed by atoms with Crippen molar-refractivity contribution < 1.29 is 5.11 Å². The van der Waals surface area contributed by atoms with Crippen molar-refractivity contribution >= 4 is 19.2 Å². The van der Waals surface area contributed by atoms with Crippen LogP contribution in [0, 0.1) is 0 Å². The molecule has 0 amide bonds. The number of rotatable bonds is 5. The first kappa shape index (κ1) is 16.9. The number of nitrogens with one attached hydrogen (secondary N) is 1. The highest BCUT2D eigenvalue weighted by atomic mass is 28.3. The summed E-state index contributed by atoms with van der Waals surface area (Å²) in [7, 11) is 0.878. The molecule has 0 heterocycles. The third-order valence-electron chi connectivity index (χ3n) is 3.80. The Labute approximate surface area is 135 Å². The van der Waals surface area contributed by atoms with Crippen molar-refractivity contribution in [2.24, 2.45) is 0 Å². The first-order chi connectivity index (χ1) is 10.4. The van der Waals surface area contributed by atoms with Crippen LogP contribution in [-0.2, 0) is 0 Å². The quantitative estimate of drug-likeness (QED) is 0.831. The van der Waals surface area contributed by atoms with E-state index in [1.54, 1.807) is 0 Å². The van der Waals surface area contributed by atoms with Gasteiger partial charge >= 0.3 is 0 Å². The van der Waals surface area contributed by atoms with Crippen LogP contribution in [0.15, 0.2) is 54.6 Å². The van der Waals surface area contributed by atoms with Crippen LogP contribution in [-0.4, -0.2) is 27.5 Å². The van der Waals surface area contributed by atoms with Gasteiger partial charge in [0.15, 0.2) is 0 Å². The van der Waals surface area contributed by atoms with E-state index in [9.17, 15) is 5.11 Å². The van der Waals surface area contributed by atoms with Crippen LogP contribution in [0.5, 0.6) is 0 Å². The summed E-state index contributed by atoms with van der Waals surface area (Å²) in [6, 6.07) is 19.1. The first-order valence-electron chi connectivity index (χ1n) is 7.80. The maximum Gasteiger partial charge on any atom is 0.127 e. The van der Waals surface area contributed by atoms with Crippen LogP contribution in [0.1, 0.15) is 32.4 Å². The van der Waals surface area contributed by atoms with Crippen molar-refractivity contribution in [2.45, 2.75) is 31.9 Å². The lowest BCUT2D eigenvalue weighted by Gasteiger charge is -2.32. The van der Waals surface area contributed by atoms with Crippen molar-refractivity contribution in [3.05, 3.63) is 60.2 Å². The third-order valence-corrected chi connectivity index (χ3v) is 7.20. The molecule has 0 aliphatic heterocycles. The molecule has 2 nitrogen and oxygen atoms in total. The molecule has 2 aromatic rings. The summed E-state index contributed by atoms with van der Waals surface area (Å²) in [5.41, 5.74) is 1.06. The van der Waals surface area contributed by atoms with E-state index in [1.807, 2.05) is 13.1 Å². The second-order valence-electron chi connectivity index (χ2n) is 6.65. The number of likely N-dealkylation sites (N-methyl/N-ethyl adjacent to an activating group) is 1. The van der Waals surface area contributed by atoms with Crippen LogP contribution in [0.25, 0.3) is 0 Å². The predicted octanol–water partition coefficient (Wildman–Crippen LogP) is 2.35. The van der Waals surface area contributed by atoms with Crippen molar-refractivity contribution in [1.82, 2.24) is 5.32 Å². The summed E-state index contributed by atoms with van der Waals surface area (Å²) >= 11 is 0. The lowest BCUT2D eigenvalue weighted by atomic mass is 10.1. The summed E-state index contributed by atoms with van der Waals surface area (Å²) in [4.78, 5) is 0. The van der Waals surface area contributed by atoms with Crippen LogP contribution in [0.2, 0.25) is 5.04 Å². The van der Waals surface area contributed by atoms with Gasteiger partial charge in [-0.15, -0.1) is 0 Å². The minimum Gasteiger partial charge on any atom is -0.387 e. The van der Waals surface area contributed by atoms with Crippen LogP contribution < -0.4 is 15.7 Å². The molecule has 0 aromatic heterocycles. The fourth-order valence-corrected chi connectivity index (χ4v) is 6.23. The molecule has 22 heavy (non-hydrogen) atoms. The highest BCUT2D eigenvalue weighted by molar-refractivity contribution is 6.87. The van der Waals surface area contributed by atoms with Gasteiger partial charge in [-0.3, -0.25) is 0 Å². The van der Waals surface area contributed by atoms with Gasteiger partial charge in [-0.1, -0.05) is 80.6 Å². The Bertz CT molecular complexity index is 592. The smallest absolute Gasteiger partial charge is 0.127 e. The average molecular weight is 313 g/mol. The third kappa shape index (κ3) is 3.86. The number of benzene rings is 2. The maximum atomic E-state index is 10.5. The SMILES string of the molecule is CNCC(O)c1ccccc1[Si](c1ccccc1)C(C)(C)C. The normalized spacial score (nSPS) is 13.4. The van der Waals surface area contributed by atoms with Crippen molar-refractivity contribution in [1.29, 1.82) is 0 Å². The lowest BCUT2D eigenvalue weighted by molar-refractivity contribution is 0.179. The van der Waals surface area contributed by atoms with Gasteiger partial charge in [-0.25, -0.2) is 0 Å². The summed E-state index contributed by atoms with van der Waals surface area (Å²) in [5, 5.41) is 16.5. The minimum atomic E-state index is -0.995. The molecular weight excluding hydrogens is 286 g/mol. The molecular formula is C19H26NOSi. The van der Waals surface area contributed by atoms with Crippen molar-refractivity contribution in [3.8, 4) is 0 Å². The second kappa shape index (κ2) is 7.23. The van der Waals surface area contributed by atoms with E-state index in [2.05, 4.69) is 74.6 Å². The van der Waals surface area contributed by atoms with Crippen molar-refractivity contribution in [2.75, 3.05) is 13.6 Å². The van der Waals surface area contributed by atoms with Gasteiger partial charge < -0.3 is 10.4 Å². The molecule has 0 saturated carbocycles. The standard InChI is InChI=1S/C19H26NOSi/c1-19(2,3)22(15-10-6-5-7-11-15)18-13-9-8-12-16(18)17(21)14-20-4/h5-13,17,20-21H,14H2,1-4H3. The van der Waals surface area contributed by atoms with E-state index in [4.69, 9.17) is 0 Å². The molecule has 0 saturated heterocycles. The Morgan fingerprint density at radius 1 is 1.00 bits per heavy atom. The lowest BCUT2D eigenvalue weighted by Crippen LogP contribution is -2.50. The van der Waals surface area contributed by atoms with Gasteiger partial charge in [-0.05, 0) is 22.8 Å². The number of hydrogen-bond acceptors (Lipinski definition) is 2. The summed E-state index contributed by atoms with van der Waals surface area (Å²) < 4.78 is 0. The average Bonchev–Trinajstić information content (AvgIpc) is 2.48. The predicted molar refractivity (Wildman–Crippen MR) is 96.5 cm³/mol. The maximum absolute atomic E-state index is 10.5. The molecule has 0 bridgehead atoms. The number of aliphatic hydroxyl groups is 1. The molecule has 0 aliphatic rings. The van der Waals surface area contributed by atoms with E-state index in [0.29, 0.717) is 6.54 Å². The molecule has 2 rings (SSSR count). The van der Waals surface area contributed by atoms with E-state index in [0.717, 1.165) is 5.56 Å². The Morgan fingerprint density at radius 2 is 1.59 bits per heavy atom. The monoisotopic (exact) mass is 312 g/mol.